The first-order valence-electron chi connectivity index (χ1n) is 2.27. The molecular weight excluding hydrogens is 110 g/mol. The lowest BCUT2D eigenvalue weighted by atomic mass is 10.1. The highest BCUT2D eigenvalue weighted by Gasteiger charge is 2.33. The number of nitrogens with two attached hydrogens (primary N) is 1. The van der Waals surface area contributed by atoms with E-state index in [1.54, 1.807) is 11.8 Å². The standard InChI is InChI=1S/C4H9NOS/c5-1-4(6)2-7-3-4/h6H,1-3,5H2. The van der Waals surface area contributed by atoms with E-state index in [1.165, 1.54) is 0 Å². The van der Waals surface area contributed by atoms with Gasteiger partial charge in [0.1, 0.15) is 0 Å². The normalized spacial score (nSPS) is 26.6. The van der Waals surface area contributed by atoms with Gasteiger partial charge in [0.15, 0.2) is 0 Å². The van der Waals surface area contributed by atoms with Gasteiger partial charge in [-0.15, -0.1) is 0 Å². The van der Waals surface area contributed by atoms with E-state index in [0.29, 0.717) is 6.54 Å². The second-order valence-corrected chi connectivity index (χ2v) is 2.91. The van der Waals surface area contributed by atoms with Gasteiger partial charge in [-0.1, -0.05) is 0 Å². The van der Waals surface area contributed by atoms with Crippen molar-refractivity contribution in [2.24, 2.45) is 5.73 Å². The van der Waals surface area contributed by atoms with E-state index < -0.39 is 5.60 Å². The van der Waals surface area contributed by atoms with Gasteiger partial charge in [-0.05, 0) is 0 Å². The van der Waals surface area contributed by atoms with Gasteiger partial charge >= 0.3 is 0 Å². The van der Waals surface area contributed by atoms with E-state index in [1.807, 2.05) is 0 Å². The quantitative estimate of drug-likeness (QED) is 0.485. The van der Waals surface area contributed by atoms with Crippen LogP contribution in [0.5, 0.6) is 0 Å². The average molecular weight is 119 g/mol. The predicted octanol–water partition coefficient (Wildman–Crippen LogP) is -0.577. The molecule has 0 unspecified atom stereocenters. The Balaban J connectivity index is 2.29. The van der Waals surface area contributed by atoms with Crippen LogP contribution in [0, 0.1) is 0 Å². The first-order chi connectivity index (χ1) is 3.27. The minimum Gasteiger partial charge on any atom is -0.387 e. The Kier molecular flexibility index (Phi) is 1.28. The van der Waals surface area contributed by atoms with E-state index in [2.05, 4.69) is 0 Å². The third-order valence-corrected chi connectivity index (χ3v) is 2.60. The van der Waals surface area contributed by atoms with Gasteiger partial charge in [-0.25, -0.2) is 0 Å². The van der Waals surface area contributed by atoms with Crippen LogP contribution in [-0.2, 0) is 0 Å². The Morgan fingerprint density at radius 2 is 2.29 bits per heavy atom. The van der Waals surface area contributed by atoms with Gasteiger partial charge < -0.3 is 10.8 Å². The van der Waals surface area contributed by atoms with Crippen molar-refractivity contribution < 1.29 is 5.11 Å². The molecule has 0 aromatic rings. The molecule has 1 aliphatic heterocycles. The number of hydrogen-bond acceptors (Lipinski definition) is 3. The van der Waals surface area contributed by atoms with Crippen LogP contribution in [-0.4, -0.2) is 28.8 Å². The molecule has 3 N–H and O–H groups in total. The Morgan fingerprint density at radius 1 is 1.71 bits per heavy atom. The highest BCUT2D eigenvalue weighted by Crippen LogP contribution is 2.27. The van der Waals surface area contributed by atoms with Crippen LogP contribution in [0.2, 0.25) is 0 Å². The highest BCUT2D eigenvalue weighted by atomic mass is 32.2. The maximum Gasteiger partial charge on any atom is 0.0948 e. The molecule has 1 heterocycles. The molecule has 0 spiro atoms. The zero-order valence-electron chi connectivity index (χ0n) is 4.05. The summed E-state index contributed by atoms with van der Waals surface area (Å²) in [4.78, 5) is 0. The van der Waals surface area contributed by atoms with Gasteiger partial charge in [0.05, 0.1) is 5.60 Å². The van der Waals surface area contributed by atoms with Gasteiger partial charge in [0.2, 0.25) is 0 Å². The van der Waals surface area contributed by atoms with E-state index in [4.69, 9.17) is 10.8 Å². The van der Waals surface area contributed by atoms with E-state index >= 15 is 0 Å². The first-order valence-corrected chi connectivity index (χ1v) is 3.42. The SMILES string of the molecule is NCC1(O)CSC1. The molecule has 0 saturated carbocycles. The molecule has 1 saturated heterocycles. The predicted molar refractivity (Wildman–Crippen MR) is 31.3 cm³/mol. The molecule has 0 amide bonds. The Hall–Kier alpha value is 0.270. The molecule has 42 valence electrons. The largest absolute Gasteiger partial charge is 0.387 e. The molecule has 0 bridgehead atoms. The van der Waals surface area contributed by atoms with Crippen LogP contribution in [0.15, 0.2) is 0 Å². The van der Waals surface area contributed by atoms with Crippen molar-refractivity contribution in [1.29, 1.82) is 0 Å². The lowest BCUT2D eigenvalue weighted by molar-refractivity contribution is 0.0881. The molecule has 0 aromatic carbocycles. The van der Waals surface area contributed by atoms with Gasteiger partial charge in [0.25, 0.3) is 0 Å². The third-order valence-electron chi connectivity index (χ3n) is 1.12. The zero-order chi connectivity index (χ0) is 5.33. The number of rotatable bonds is 1. The van der Waals surface area contributed by atoms with Gasteiger partial charge in [-0.2, -0.15) is 11.8 Å². The maximum absolute atomic E-state index is 9.07. The number of hydrogen-bond donors (Lipinski definition) is 2. The van der Waals surface area contributed by atoms with E-state index in [0.717, 1.165) is 11.5 Å². The lowest BCUT2D eigenvalue weighted by Crippen LogP contribution is -2.49. The lowest BCUT2D eigenvalue weighted by Gasteiger charge is -2.34. The van der Waals surface area contributed by atoms with E-state index in [-0.39, 0.29) is 0 Å². The van der Waals surface area contributed by atoms with Crippen LogP contribution in [0.1, 0.15) is 0 Å². The minimum atomic E-state index is -0.495. The molecular formula is C4H9NOS. The highest BCUT2D eigenvalue weighted by molar-refractivity contribution is 8.00. The summed E-state index contributed by atoms with van der Waals surface area (Å²) in [5.41, 5.74) is 4.71. The summed E-state index contributed by atoms with van der Waals surface area (Å²) >= 11 is 1.74. The minimum absolute atomic E-state index is 0.417. The Morgan fingerprint density at radius 3 is 2.29 bits per heavy atom. The van der Waals surface area contributed by atoms with Crippen LogP contribution in [0.25, 0.3) is 0 Å². The van der Waals surface area contributed by atoms with Crippen molar-refractivity contribution in [2.75, 3.05) is 18.1 Å². The molecule has 0 aromatic heterocycles. The van der Waals surface area contributed by atoms with Crippen molar-refractivity contribution >= 4 is 11.8 Å². The van der Waals surface area contributed by atoms with Crippen LogP contribution in [0.4, 0.5) is 0 Å². The van der Waals surface area contributed by atoms with E-state index in [9.17, 15) is 0 Å². The molecule has 0 aliphatic carbocycles. The first kappa shape index (κ1) is 5.41. The summed E-state index contributed by atoms with van der Waals surface area (Å²) in [7, 11) is 0. The monoisotopic (exact) mass is 119 g/mol. The fourth-order valence-corrected chi connectivity index (χ4v) is 1.37. The van der Waals surface area contributed by atoms with Crippen molar-refractivity contribution in [3.05, 3.63) is 0 Å². The van der Waals surface area contributed by atoms with Crippen LogP contribution >= 0.6 is 11.8 Å². The molecule has 3 heteroatoms. The number of aliphatic hydroxyl groups is 1. The maximum atomic E-state index is 9.07. The average Bonchev–Trinajstić information content (AvgIpc) is 1.61. The molecule has 1 fully saturated rings. The molecule has 2 nitrogen and oxygen atoms in total. The molecule has 0 radical (unpaired) electrons. The molecule has 1 aliphatic rings. The van der Waals surface area contributed by atoms with Crippen molar-refractivity contribution in [1.82, 2.24) is 0 Å². The molecule has 0 atom stereocenters. The van der Waals surface area contributed by atoms with Crippen molar-refractivity contribution in [3.8, 4) is 0 Å². The fourth-order valence-electron chi connectivity index (χ4n) is 0.456. The third kappa shape index (κ3) is 0.900. The summed E-state index contributed by atoms with van der Waals surface area (Å²) < 4.78 is 0. The molecule has 1 rings (SSSR count). The summed E-state index contributed by atoms with van der Waals surface area (Å²) in [5, 5.41) is 9.07. The second-order valence-electron chi connectivity index (χ2n) is 1.92. The summed E-state index contributed by atoms with van der Waals surface area (Å²) in [6, 6.07) is 0. The Labute approximate surface area is 47.1 Å². The van der Waals surface area contributed by atoms with Gasteiger partial charge in [0, 0.05) is 18.1 Å². The summed E-state index contributed by atoms with van der Waals surface area (Å²) in [6.45, 7) is 0.417. The fraction of sp³-hybridized carbons (Fsp3) is 1.00. The number of thioether (sulfide) groups is 1. The summed E-state index contributed by atoms with van der Waals surface area (Å²) in [6.07, 6.45) is 0. The second kappa shape index (κ2) is 1.65. The zero-order valence-corrected chi connectivity index (χ0v) is 4.87. The smallest absolute Gasteiger partial charge is 0.0948 e. The van der Waals surface area contributed by atoms with Gasteiger partial charge in [-0.3, -0.25) is 0 Å². The van der Waals surface area contributed by atoms with Crippen molar-refractivity contribution in [2.45, 2.75) is 5.60 Å². The van der Waals surface area contributed by atoms with Crippen LogP contribution < -0.4 is 5.73 Å². The molecule has 7 heavy (non-hydrogen) atoms. The van der Waals surface area contributed by atoms with Crippen molar-refractivity contribution in [3.63, 3.8) is 0 Å². The van der Waals surface area contributed by atoms with Crippen LogP contribution in [0.3, 0.4) is 0 Å². The summed E-state index contributed by atoms with van der Waals surface area (Å²) in [5.74, 6) is 1.65. The topological polar surface area (TPSA) is 46.2 Å². The Bertz CT molecular complexity index is 66.6.